The summed E-state index contributed by atoms with van der Waals surface area (Å²) in [7, 11) is 2.11. The minimum atomic E-state index is 0.335. The summed E-state index contributed by atoms with van der Waals surface area (Å²) >= 11 is 0. The van der Waals surface area contributed by atoms with Gasteiger partial charge in [-0.05, 0) is 50.2 Å². The van der Waals surface area contributed by atoms with Gasteiger partial charge in [0.05, 0.1) is 35.0 Å². The highest BCUT2D eigenvalue weighted by atomic mass is 16.4. The van der Waals surface area contributed by atoms with E-state index in [4.69, 9.17) is 15.2 Å². The van der Waals surface area contributed by atoms with Crippen LogP contribution < -0.4 is 11.1 Å². The molecule has 0 atom stereocenters. The summed E-state index contributed by atoms with van der Waals surface area (Å²) in [5.41, 5.74) is 14.6. The van der Waals surface area contributed by atoms with Gasteiger partial charge in [-0.25, -0.2) is 0 Å². The second kappa shape index (κ2) is 7.31. The quantitative estimate of drug-likeness (QED) is 0.420. The van der Waals surface area contributed by atoms with E-state index in [1.807, 2.05) is 43.5 Å². The molecule has 1 aliphatic heterocycles. The Morgan fingerprint density at radius 1 is 1.09 bits per heavy atom. The van der Waals surface area contributed by atoms with Crippen molar-refractivity contribution in [2.45, 2.75) is 19.9 Å². The molecule has 8 nitrogen and oxygen atoms in total. The first-order valence-electron chi connectivity index (χ1n) is 11.0. The van der Waals surface area contributed by atoms with Crippen molar-refractivity contribution in [2.75, 3.05) is 31.2 Å². The molecule has 3 aromatic heterocycles. The fourth-order valence-corrected chi connectivity index (χ4v) is 4.67. The van der Waals surface area contributed by atoms with Crippen molar-refractivity contribution >= 4 is 39.4 Å². The Morgan fingerprint density at radius 2 is 1.88 bits per heavy atom. The summed E-state index contributed by atoms with van der Waals surface area (Å²) in [6.45, 7) is 6.03. The van der Waals surface area contributed by atoms with Gasteiger partial charge in [-0.3, -0.25) is 9.67 Å². The number of nitrogen functional groups attached to an aromatic ring is 1. The SMILES string of the molecule is Cc1cc(C)c2oc(Nc3ccc(-c4nn(C5CN(C)C5)c5cncc(N)c45)cc3)nc2c1. The molecular formula is C25H25N7O. The Kier molecular flexibility index (Phi) is 4.38. The predicted octanol–water partition coefficient (Wildman–Crippen LogP) is 4.67. The number of pyridine rings is 1. The molecule has 8 heteroatoms. The smallest absolute Gasteiger partial charge is 0.300 e. The van der Waals surface area contributed by atoms with E-state index in [9.17, 15) is 0 Å². The van der Waals surface area contributed by atoms with Gasteiger partial charge in [-0.15, -0.1) is 0 Å². The fourth-order valence-electron chi connectivity index (χ4n) is 4.67. The van der Waals surface area contributed by atoms with Crippen LogP contribution in [0.5, 0.6) is 0 Å². The molecule has 6 rings (SSSR count). The number of benzene rings is 2. The van der Waals surface area contributed by atoms with Gasteiger partial charge < -0.3 is 20.4 Å². The number of anilines is 3. The number of hydrogen-bond acceptors (Lipinski definition) is 7. The Balaban J connectivity index is 1.33. The largest absolute Gasteiger partial charge is 0.423 e. The molecule has 0 aliphatic carbocycles. The molecule has 1 aliphatic rings. The van der Waals surface area contributed by atoms with Crippen molar-refractivity contribution in [1.29, 1.82) is 0 Å². The maximum absolute atomic E-state index is 6.33. The third-order valence-corrected chi connectivity index (χ3v) is 6.27. The number of nitrogens with one attached hydrogen (secondary N) is 1. The Hall–Kier alpha value is -3.91. The zero-order chi connectivity index (χ0) is 22.7. The second-order valence-corrected chi connectivity index (χ2v) is 8.94. The summed E-state index contributed by atoms with van der Waals surface area (Å²) < 4.78 is 8.01. The minimum absolute atomic E-state index is 0.335. The third-order valence-electron chi connectivity index (χ3n) is 6.27. The molecule has 0 amide bonds. The average molecular weight is 440 g/mol. The lowest BCUT2D eigenvalue weighted by atomic mass is 10.1. The number of rotatable bonds is 4. The first-order chi connectivity index (χ1) is 16.0. The molecule has 0 bridgehead atoms. The molecule has 33 heavy (non-hydrogen) atoms. The van der Waals surface area contributed by atoms with Crippen LogP contribution in [0, 0.1) is 13.8 Å². The number of oxazole rings is 1. The monoisotopic (exact) mass is 439 g/mol. The zero-order valence-electron chi connectivity index (χ0n) is 18.8. The van der Waals surface area contributed by atoms with Crippen molar-refractivity contribution < 1.29 is 4.42 Å². The van der Waals surface area contributed by atoms with E-state index >= 15 is 0 Å². The van der Waals surface area contributed by atoms with E-state index in [-0.39, 0.29) is 0 Å². The molecule has 1 saturated heterocycles. The zero-order valence-corrected chi connectivity index (χ0v) is 18.8. The molecule has 0 radical (unpaired) electrons. The molecule has 3 N–H and O–H groups in total. The highest BCUT2D eigenvalue weighted by Gasteiger charge is 2.28. The van der Waals surface area contributed by atoms with E-state index in [1.165, 1.54) is 5.56 Å². The first-order valence-corrected chi connectivity index (χ1v) is 11.0. The van der Waals surface area contributed by atoms with E-state index < -0.39 is 0 Å². The lowest BCUT2D eigenvalue weighted by Crippen LogP contribution is -2.45. The van der Waals surface area contributed by atoms with Gasteiger partial charge >= 0.3 is 0 Å². The summed E-state index contributed by atoms with van der Waals surface area (Å²) in [6, 6.07) is 13.0. The highest BCUT2D eigenvalue weighted by molar-refractivity contribution is 6.01. The van der Waals surface area contributed by atoms with Gasteiger partial charge in [0.25, 0.3) is 6.01 Å². The van der Waals surface area contributed by atoms with Crippen molar-refractivity contribution in [2.24, 2.45) is 0 Å². The Morgan fingerprint density at radius 3 is 2.64 bits per heavy atom. The third kappa shape index (κ3) is 3.30. The molecular weight excluding hydrogens is 414 g/mol. The van der Waals surface area contributed by atoms with E-state index in [1.54, 1.807) is 6.20 Å². The number of aryl methyl sites for hydroxylation is 2. The molecule has 1 fully saturated rings. The molecule has 0 spiro atoms. The molecule has 166 valence electrons. The lowest BCUT2D eigenvalue weighted by Gasteiger charge is -2.36. The van der Waals surface area contributed by atoms with Crippen LogP contribution in [0.2, 0.25) is 0 Å². The van der Waals surface area contributed by atoms with Gasteiger partial charge in [0, 0.05) is 24.3 Å². The maximum atomic E-state index is 6.33. The molecule has 5 aromatic rings. The lowest BCUT2D eigenvalue weighted by molar-refractivity contribution is 0.134. The van der Waals surface area contributed by atoms with Crippen LogP contribution in [0.1, 0.15) is 17.2 Å². The van der Waals surface area contributed by atoms with Crippen LogP contribution in [-0.2, 0) is 0 Å². The van der Waals surface area contributed by atoms with Crippen molar-refractivity contribution in [1.82, 2.24) is 24.6 Å². The number of hydrogen-bond donors (Lipinski definition) is 2. The summed E-state index contributed by atoms with van der Waals surface area (Å²) in [5, 5.41) is 9.18. The standard InChI is InChI=1S/C25H25N7O/c1-14-8-15(2)24-20(9-14)29-25(33-24)28-17-6-4-16(5-7-17)23-22-19(26)10-27-11-21(22)32(30-23)18-12-31(3)13-18/h4-11,18H,12-13,26H2,1-3H3,(H,28,29). The van der Waals surface area contributed by atoms with Gasteiger partial charge in [-0.2, -0.15) is 10.1 Å². The van der Waals surface area contributed by atoms with Crippen molar-refractivity contribution in [3.05, 3.63) is 59.9 Å². The van der Waals surface area contributed by atoms with E-state index in [0.29, 0.717) is 17.7 Å². The van der Waals surface area contributed by atoms with E-state index in [0.717, 1.165) is 57.6 Å². The molecule has 2 aromatic carbocycles. The number of likely N-dealkylation sites (tertiary alicyclic amines) is 1. The normalized spacial score (nSPS) is 14.8. The van der Waals surface area contributed by atoms with Gasteiger partial charge in [0.2, 0.25) is 0 Å². The highest BCUT2D eigenvalue weighted by Crippen LogP contribution is 2.35. The number of nitrogens with two attached hydrogens (primary N) is 1. The van der Waals surface area contributed by atoms with E-state index in [2.05, 4.69) is 44.9 Å². The summed E-state index contributed by atoms with van der Waals surface area (Å²) in [5.74, 6) is 0. The van der Waals surface area contributed by atoms with Gasteiger partial charge in [0.15, 0.2) is 5.58 Å². The minimum Gasteiger partial charge on any atom is -0.423 e. The van der Waals surface area contributed by atoms with Crippen LogP contribution in [0.4, 0.5) is 17.4 Å². The van der Waals surface area contributed by atoms with Crippen LogP contribution in [0.15, 0.2) is 53.2 Å². The predicted molar refractivity (Wildman–Crippen MR) is 131 cm³/mol. The molecule has 0 saturated carbocycles. The number of aromatic nitrogens is 4. The van der Waals surface area contributed by atoms with Crippen LogP contribution in [-0.4, -0.2) is 44.8 Å². The second-order valence-electron chi connectivity index (χ2n) is 8.94. The van der Waals surface area contributed by atoms with Gasteiger partial charge in [-0.1, -0.05) is 18.2 Å². The van der Waals surface area contributed by atoms with Crippen LogP contribution >= 0.6 is 0 Å². The Labute approximate surface area is 191 Å². The number of fused-ring (bicyclic) bond motifs is 2. The molecule has 0 unspecified atom stereocenters. The summed E-state index contributed by atoms with van der Waals surface area (Å²) in [4.78, 5) is 11.2. The molecule has 4 heterocycles. The number of likely N-dealkylation sites (N-methyl/N-ethyl adjacent to an activating group) is 1. The topological polar surface area (TPSA) is 98.0 Å². The fraction of sp³-hybridized carbons (Fsp3) is 0.240. The number of nitrogens with zero attached hydrogens (tertiary/aromatic N) is 5. The van der Waals surface area contributed by atoms with Crippen LogP contribution in [0.3, 0.4) is 0 Å². The average Bonchev–Trinajstić information content (AvgIpc) is 3.34. The van der Waals surface area contributed by atoms with Crippen LogP contribution in [0.25, 0.3) is 33.3 Å². The first kappa shape index (κ1) is 19.8. The van der Waals surface area contributed by atoms with Gasteiger partial charge in [0.1, 0.15) is 11.2 Å². The van der Waals surface area contributed by atoms with Crippen molar-refractivity contribution in [3.8, 4) is 11.3 Å². The van der Waals surface area contributed by atoms with Crippen molar-refractivity contribution in [3.63, 3.8) is 0 Å². The summed E-state index contributed by atoms with van der Waals surface area (Å²) in [6.07, 6.45) is 3.55. The Bertz CT molecular complexity index is 1490. The maximum Gasteiger partial charge on any atom is 0.300 e.